The largest absolute Gasteiger partial charge is 0.304 e. The first-order valence-corrected chi connectivity index (χ1v) is 5.98. The van der Waals surface area contributed by atoms with E-state index in [9.17, 15) is 0 Å². The number of piperazine rings is 1. The van der Waals surface area contributed by atoms with Crippen LogP contribution in [0, 0.1) is 6.42 Å². The van der Waals surface area contributed by atoms with Gasteiger partial charge in [-0.3, -0.25) is 4.90 Å². The average Bonchev–Trinajstić information content (AvgIpc) is 2.19. The molecule has 0 amide bonds. The zero-order valence-electron chi connectivity index (χ0n) is 10.00. The molecule has 14 heavy (non-hydrogen) atoms. The highest BCUT2D eigenvalue weighted by Crippen LogP contribution is 2.11. The molecular weight excluding hydrogens is 172 g/mol. The predicted octanol–water partition coefficient (Wildman–Crippen LogP) is 2.02. The summed E-state index contributed by atoms with van der Waals surface area (Å²) in [5.74, 6) is 0. The number of hydrogen-bond acceptors (Lipinski definition) is 2. The van der Waals surface area contributed by atoms with Gasteiger partial charge in [0.2, 0.25) is 0 Å². The van der Waals surface area contributed by atoms with E-state index < -0.39 is 0 Å². The molecule has 0 aromatic heterocycles. The summed E-state index contributed by atoms with van der Waals surface area (Å²) in [5, 5.41) is 0. The quantitative estimate of drug-likeness (QED) is 0.622. The number of rotatable bonds is 5. The fourth-order valence-corrected chi connectivity index (χ4v) is 2.01. The average molecular weight is 197 g/mol. The van der Waals surface area contributed by atoms with Gasteiger partial charge in [-0.25, -0.2) is 0 Å². The van der Waals surface area contributed by atoms with Gasteiger partial charge in [-0.15, -0.1) is 0 Å². The Bertz CT molecular complexity index is 139. The summed E-state index contributed by atoms with van der Waals surface area (Å²) in [6, 6.07) is 0.770. The van der Waals surface area contributed by atoms with Crippen molar-refractivity contribution in [2.45, 2.75) is 39.2 Å². The number of hydrogen-bond donors (Lipinski definition) is 0. The molecule has 0 aromatic rings. The smallest absolute Gasteiger partial charge is 0.0113 e. The van der Waals surface area contributed by atoms with Gasteiger partial charge in [0.1, 0.15) is 0 Å². The highest BCUT2D eigenvalue weighted by molar-refractivity contribution is 4.76. The normalized spacial score (nSPS) is 22.5. The first kappa shape index (κ1) is 12.0. The Morgan fingerprint density at radius 2 is 1.86 bits per heavy atom. The third kappa shape index (κ3) is 3.97. The van der Waals surface area contributed by atoms with Crippen LogP contribution in [0.25, 0.3) is 0 Å². The summed E-state index contributed by atoms with van der Waals surface area (Å²) >= 11 is 0. The van der Waals surface area contributed by atoms with Crippen molar-refractivity contribution in [2.75, 3.05) is 33.2 Å². The first-order valence-electron chi connectivity index (χ1n) is 5.98. The maximum Gasteiger partial charge on any atom is 0.0113 e. The molecule has 1 rings (SSSR count). The Kier molecular flexibility index (Phi) is 5.49. The summed E-state index contributed by atoms with van der Waals surface area (Å²) in [5.41, 5.74) is 0. The van der Waals surface area contributed by atoms with Crippen molar-refractivity contribution in [3.05, 3.63) is 6.42 Å². The highest BCUT2D eigenvalue weighted by atomic mass is 15.3. The number of likely N-dealkylation sites (N-methyl/N-ethyl adjacent to an activating group) is 1. The summed E-state index contributed by atoms with van der Waals surface area (Å²) in [4.78, 5) is 5.05. The lowest BCUT2D eigenvalue weighted by Gasteiger charge is -2.36. The van der Waals surface area contributed by atoms with Crippen molar-refractivity contribution in [2.24, 2.45) is 0 Å². The minimum absolute atomic E-state index is 0.770. The molecule has 0 aromatic carbocycles. The molecule has 2 heteroatoms. The number of nitrogens with zero attached hydrogens (tertiary/aromatic N) is 2. The molecule has 0 saturated carbocycles. The molecule has 0 N–H and O–H groups in total. The lowest BCUT2D eigenvalue weighted by Crippen LogP contribution is -2.48. The van der Waals surface area contributed by atoms with Crippen LogP contribution in [0.3, 0.4) is 0 Å². The Morgan fingerprint density at radius 3 is 2.43 bits per heavy atom. The highest BCUT2D eigenvalue weighted by Gasteiger charge is 2.18. The Balaban J connectivity index is 2.13. The first-order chi connectivity index (χ1) is 6.74. The van der Waals surface area contributed by atoms with Crippen molar-refractivity contribution in [1.29, 1.82) is 0 Å². The van der Waals surface area contributed by atoms with Gasteiger partial charge < -0.3 is 4.90 Å². The van der Waals surface area contributed by atoms with Gasteiger partial charge in [0.05, 0.1) is 0 Å². The summed E-state index contributed by atoms with van der Waals surface area (Å²) < 4.78 is 0. The van der Waals surface area contributed by atoms with E-state index in [1.807, 2.05) is 0 Å². The summed E-state index contributed by atoms with van der Waals surface area (Å²) in [6.45, 7) is 9.58. The van der Waals surface area contributed by atoms with Crippen LogP contribution in [-0.2, 0) is 0 Å². The van der Waals surface area contributed by atoms with Gasteiger partial charge in [0, 0.05) is 32.2 Å². The van der Waals surface area contributed by atoms with E-state index in [4.69, 9.17) is 0 Å². The van der Waals surface area contributed by atoms with Gasteiger partial charge in [-0.1, -0.05) is 13.3 Å². The maximum absolute atomic E-state index is 2.63. The van der Waals surface area contributed by atoms with Crippen LogP contribution in [0.1, 0.15) is 33.1 Å². The lowest BCUT2D eigenvalue weighted by atomic mass is 10.1. The second-order valence-electron chi connectivity index (χ2n) is 4.46. The van der Waals surface area contributed by atoms with E-state index >= 15 is 0 Å². The third-order valence-electron chi connectivity index (χ3n) is 3.24. The van der Waals surface area contributed by atoms with Crippen molar-refractivity contribution < 1.29 is 0 Å². The summed E-state index contributed by atoms with van der Waals surface area (Å²) in [7, 11) is 2.22. The standard InChI is InChI=1S/C12H25N2/c1-4-5-6-7-12(2)14-10-8-13(3)9-11-14/h5,12H,4,6-11H2,1-3H3. The predicted molar refractivity (Wildman–Crippen MR) is 62.4 cm³/mol. The molecular formula is C12H25N2. The Hall–Kier alpha value is -0.0800. The van der Waals surface area contributed by atoms with Crippen molar-refractivity contribution >= 4 is 0 Å². The van der Waals surface area contributed by atoms with Crippen molar-refractivity contribution in [3.8, 4) is 0 Å². The zero-order valence-corrected chi connectivity index (χ0v) is 10.00. The Labute approximate surface area is 89.3 Å². The van der Waals surface area contributed by atoms with Crippen molar-refractivity contribution in [1.82, 2.24) is 9.80 Å². The zero-order chi connectivity index (χ0) is 10.4. The fraction of sp³-hybridized carbons (Fsp3) is 0.917. The molecule has 1 fully saturated rings. The molecule has 1 aliphatic heterocycles. The van der Waals surface area contributed by atoms with Crippen LogP contribution in [0.5, 0.6) is 0 Å². The minimum Gasteiger partial charge on any atom is -0.304 e. The van der Waals surface area contributed by atoms with Crippen LogP contribution in [0.2, 0.25) is 0 Å². The molecule has 0 aliphatic carbocycles. The molecule has 1 aliphatic rings. The van der Waals surface area contributed by atoms with Gasteiger partial charge >= 0.3 is 0 Å². The van der Waals surface area contributed by atoms with Crippen LogP contribution in [0.4, 0.5) is 0 Å². The van der Waals surface area contributed by atoms with E-state index in [1.54, 1.807) is 0 Å². The molecule has 1 unspecified atom stereocenters. The molecule has 0 bridgehead atoms. The van der Waals surface area contributed by atoms with E-state index in [-0.39, 0.29) is 0 Å². The van der Waals surface area contributed by atoms with Gasteiger partial charge in [0.25, 0.3) is 0 Å². The number of unbranched alkanes of at least 4 members (excludes halogenated alkanes) is 2. The van der Waals surface area contributed by atoms with Crippen LogP contribution >= 0.6 is 0 Å². The molecule has 1 heterocycles. The second kappa shape index (κ2) is 6.41. The van der Waals surface area contributed by atoms with Crippen LogP contribution < -0.4 is 0 Å². The van der Waals surface area contributed by atoms with Crippen molar-refractivity contribution in [3.63, 3.8) is 0 Å². The topological polar surface area (TPSA) is 6.48 Å². The SMILES string of the molecule is CC[CH]CCC(C)N1CCN(C)CC1. The Morgan fingerprint density at radius 1 is 1.21 bits per heavy atom. The lowest BCUT2D eigenvalue weighted by molar-refractivity contribution is 0.114. The minimum atomic E-state index is 0.770. The molecule has 83 valence electrons. The van der Waals surface area contributed by atoms with E-state index in [2.05, 4.69) is 37.1 Å². The van der Waals surface area contributed by atoms with E-state index in [0.29, 0.717) is 0 Å². The molecule has 1 saturated heterocycles. The summed E-state index contributed by atoms with van der Waals surface area (Å²) in [6.07, 6.45) is 6.23. The van der Waals surface area contributed by atoms with E-state index in [1.165, 1.54) is 45.4 Å². The molecule has 1 radical (unpaired) electrons. The molecule has 1 atom stereocenters. The molecule has 0 spiro atoms. The van der Waals surface area contributed by atoms with Crippen LogP contribution in [0.15, 0.2) is 0 Å². The van der Waals surface area contributed by atoms with Gasteiger partial charge in [0.15, 0.2) is 0 Å². The van der Waals surface area contributed by atoms with E-state index in [0.717, 1.165) is 6.04 Å². The fourth-order valence-electron chi connectivity index (χ4n) is 2.01. The van der Waals surface area contributed by atoms with Gasteiger partial charge in [-0.2, -0.15) is 0 Å². The molecule has 2 nitrogen and oxygen atoms in total. The van der Waals surface area contributed by atoms with Crippen LogP contribution in [-0.4, -0.2) is 49.1 Å². The van der Waals surface area contributed by atoms with Gasteiger partial charge in [-0.05, 0) is 33.2 Å². The monoisotopic (exact) mass is 197 g/mol. The third-order valence-corrected chi connectivity index (χ3v) is 3.24. The second-order valence-corrected chi connectivity index (χ2v) is 4.46. The maximum atomic E-state index is 2.63.